The lowest BCUT2D eigenvalue weighted by Crippen LogP contribution is -2.26. The Hall–Kier alpha value is -3.72. The molecule has 9 heteroatoms. The number of aryl methyl sites for hydroxylation is 1. The van der Waals surface area contributed by atoms with Crippen molar-refractivity contribution in [2.45, 2.75) is 63.9 Å². The van der Waals surface area contributed by atoms with Crippen LogP contribution in [0.25, 0.3) is 11.1 Å². The van der Waals surface area contributed by atoms with Gasteiger partial charge in [0.2, 0.25) is 0 Å². The van der Waals surface area contributed by atoms with Crippen molar-refractivity contribution in [3.8, 4) is 11.1 Å². The number of aliphatic hydroxyl groups is 1. The van der Waals surface area contributed by atoms with Crippen molar-refractivity contribution in [3.63, 3.8) is 0 Å². The van der Waals surface area contributed by atoms with E-state index in [0.29, 0.717) is 52.8 Å². The lowest BCUT2D eigenvalue weighted by atomic mass is 9.75. The molecule has 0 saturated heterocycles. The molecule has 3 aromatic carbocycles. The smallest absolute Gasteiger partial charge is 0.388 e. The number of fused-ring (bicyclic) bond motifs is 1. The highest BCUT2D eigenvalue weighted by atomic mass is 19.4. The first-order chi connectivity index (χ1) is 20.2. The minimum atomic E-state index is -4.47. The summed E-state index contributed by atoms with van der Waals surface area (Å²) in [5.74, 6) is -0.828. The van der Waals surface area contributed by atoms with Crippen molar-refractivity contribution >= 4 is 0 Å². The Kier molecular flexibility index (Phi) is 8.40. The van der Waals surface area contributed by atoms with Crippen molar-refractivity contribution < 1.29 is 35.8 Å². The van der Waals surface area contributed by atoms with Crippen LogP contribution >= 0.6 is 0 Å². The summed E-state index contributed by atoms with van der Waals surface area (Å²) in [5, 5.41) is 11.8. The van der Waals surface area contributed by atoms with E-state index in [0.717, 1.165) is 35.5 Å². The SMILES string of the molecule is CC(C)c1nc2c(c(-c3ccc(F)cc3)c1Cc1ccc(C(F)(F)F)cc1)C(O)C(Cc1ccc(C(F)(F)F)cc1)CC2. The standard InChI is InChI=1S/C34H30F7NO/c1-19(2)31-27(18-21-5-12-25(13-6-21)34(39,40)41)29(22-7-14-26(35)15-8-22)30-28(42-31)16-9-23(32(30)43)17-20-3-10-24(11-4-20)33(36,37)38/h3-8,10-15,19,23,32,43H,9,16-18H2,1-2H3. The van der Waals surface area contributed by atoms with Crippen molar-refractivity contribution in [2.75, 3.05) is 0 Å². The number of nitrogens with zero attached hydrogens (tertiary/aromatic N) is 1. The first-order valence-corrected chi connectivity index (χ1v) is 14.0. The van der Waals surface area contributed by atoms with E-state index in [4.69, 9.17) is 4.98 Å². The Morgan fingerprint density at radius 1 is 0.791 bits per heavy atom. The van der Waals surface area contributed by atoms with Crippen LogP contribution in [0.15, 0.2) is 72.8 Å². The normalized spacial score (nSPS) is 17.3. The molecule has 0 amide bonds. The maximum absolute atomic E-state index is 14.0. The molecule has 5 rings (SSSR count). The van der Waals surface area contributed by atoms with Gasteiger partial charge in [-0.2, -0.15) is 26.3 Å². The van der Waals surface area contributed by atoms with Gasteiger partial charge in [-0.1, -0.05) is 50.2 Å². The quantitative estimate of drug-likeness (QED) is 0.223. The molecular formula is C34H30F7NO. The Morgan fingerprint density at radius 2 is 1.33 bits per heavy atom. The molecule has 0 radical (unpaired) electrons. The van der Waals surface area contributed by atoms with Gasteiger partial charge in [0.05, 0.1) is 17.2 Å². The van der Waals surface area contributed by atoms with Gasteiger partial charge >= 0.3 is 12.4 Å². The number of halogens is 7. The van der Waals surface area contributed by atoms with Gasteiger partial charge in [-0.15, -0.1) is 0 Å². The van der Waals surface area contributed by atoms with Crippen LogP contribution < -0.4 is 0 Å². The summed E-state index contributed by atoms with van der Waals surface area (Å²) >= 11 is 0. The second kappa shape index (κ2) is 11.8. The molecule has 2 unspecified atom stereocenters. The van der Waals surface area contributed by atoms with Gasteiger partial charge in [0.25, 0.3) is 0 Å². The zero-order valence-electron chi connectivity index (χ0n) is 23.5. The number of rotatable bonds is 6. The van der Waals surface area contributed by atoms with E-state index in [1.807, 2.05) is 13.8 Å². The Labute approximate surface area is 245 Å². The highest BCUT2D eigenvalue weighted by Crippen LogP contribution is 2.45. The molecule has 0 bridgehead atoms. The topological polar surface area (TPSA) is 33.1 Å². The molecule has 43 heavy (non-hydrogen) atoms. The number of alkyl halides is 6. The number of hydrogen-bond acceptors (Lipinski definition) is 2. The highest BCUT2D eigenvalue weighted by molar-refractivity contribution is 5.74. The van der Waals surface area contributed by atoms with E-state index in [-0.39, 0.29) is 18.3 Å². The van der Waals surface area contributed by atoms with Crippen LogP contribution in [0.3, 0.4) is 0 Å². The second-order valence-corrected chi connectivity index (χ2v) is 11.4. The van der Waals surface area contributed by atoms with Crippen LogP contribution in [0, 0.1) is 11.7 Å². The van der Waals surface area contributed by atoms with Gasteiger partial charge in [-0.05, 0) is 102 Å². The molecule has 226 valence electrons. The van der Waals surface area contributed by atoms with Gasteiger partial charge in [0.15, 0.2) is 0 Å². The summed E-state index contributed by atoms with van der Waals surface area (Å²) in [6.45, 7) is 3.93. The second-order valence-electron chi connectivity index (χ2n) is 11.4. The maximum atomic E-state index is 14.0. The number of benzene rings is 3. The summed E-state index contributed by atoms with van der Waals surface area (Å²) in [6, 6.07) is 15.6. The van der Waals surface area contributed by atoms with Crippen LogP contribution in [-0.2, 0) is 31.6 Å². The molecular weight excluding hydrogens is 571 g/mol. The van der Waals surface area contributed by atoms with Crippen molar-refractivity contribution in [1.29, 1.82) is 0 Å². The van der Waals surface area contributed by atoms with E-state index in [9.17, 15) is 35.8 Å². The molecule has 1 aliphatic rings. The molecule has 1 aromatic heterocycles. The summed E-state index contributed by atoms with van der Waals surface area (Å²) in [7, 11) is 0. The Morgan fingerprint density at radius 3 is 1.84 bits per heavy atom. The molecule has 0 aliphatic heterocycles. The fourth-order valence-electron chi connectivity index (χ4n) is 5.90. The van der Waals surface area contributed by atoms with Gasteiger partial charge in [0.1, 0.15) is 5.82 Å². The largest absolute Gasteiger partial charge is 0.416 e. The Balaban J connectivity index is 1.60. The minimum absolute atomic E-state index is 0.0593. The molecule has 1 N–H and O–H groups in total. The average molecular weight is 602 g/mol. The van der Waals surface area contributed by atoms with E-state index in [1.54, 1.807) is 12.1 Å². The zero-order chi connectivity index (χ0) is 31.1. The lowest BCUT2D eigenvalue weighted by Gasteiger charge is -2.34. The molecule has 0 spiro atoms. The third-order valence-electron chi connectivity index (χ3n) is 8.06. The van der Waals surface area contributed by atoms with Crippen LogP contribution in [0.4, 0.5) is 30.7 Å². The highest BCUT2D eigenvalue weighted by Gasteiger charge is 2.35. The van der Waals surface area contributed by atoms with Gasteiger partial charge in [-0.3, -0.25) is 4.98 Å². The number of aromatic nitrogens is 1. The fraction of sp³-hybridized carbons (Fsp3) is 0.324. The van der Waals surface area contributed by atoms with Crippen molar-refractivity contribution in [1.82, 2.24) is 4.98 Å². The molecule has 1 aliphatic carbocycles. The predicted octanol–water partition coefficient (Wildman–Crippen LogP) is 9.48. The number of pyridine rings is 1. The summed E-state index contributed by atoms with van der Waals surface area (Å²) in [6.07, 6.45) is -8.30. The van der Waals surface area contributed by atoms with Crippen LogP contribution in [-0.4, -0.2) is 10.1 Å². The predicted molar refractivity (Wildman–Crippen MR) is 150 cm³/mol. The van der Waals surface area contributed by atoms with Gasteiger partial charge < -0.3 is 5.11 Å². The molecule has 0 fully saturated rings. The van der Waals surface area contributed by atoms with Crippen LogP contribution in [0.5, 0.6) is 0 Å². The first kappa shape index (κ1) is 30.7. The molecule has 0 saturated carbocycles. The summed E-state index contributed by atoms with van der Waals surface area (Å²) in [4.78, 5) is 4.96. The molecule has 2 nitrogen and oxygen atoms in total. The van der Waals surface area contributed by atoms with E-state index >= 15 is 0 Å². The van der Waals surface area contributed by atoms with Crippen LogP contribution in [0.1, 0.15) is 77.1 Å². The van der Waals surface area contributed by atoms with Gasteiger partial charge in [0, 0.05) is 17.0 Å². The van der Waals surface area contributed by atoms with E-state index in [1.165, 1.54) is 36.4 Å². The average Bonchev–Trinajstić information content (AvgIpc) is 2.94. The lowest BCUT2D eigenvalue weighted by molar-refractivity contribution is -0.138. The number of aliphatic hydroxyl groups excluding tert-OH is 1. The molecule has 4 aromatic rings. The van der Waals surface area contributed by atoms with Crippen LogP contribution in [0.2, 0.25) is 0 Å². The molecule has 1 heterocycles. The zero-order valence-corrected chi connectivity index (χ0v) is 23.5. The minimum Gasteiger partial charge on any atom is -0.388 e. The first-order valence-electron chi connectivity index (χ1n) is 14.0. The third kappa shape index (κ3) is 6.61. The Bertz CT molecular complexity index is 1570. The third-order valence-corrected chi connectivity index (χ3v) is 8.06. The summed E-state index contributed by atoms with van der Waals surface area (Å²) < 4.78 is 92.8. The van der Waals surface area contributed by atoms with Gasteiger partial charge in [-0.25, -0.2) is 4.39 Å². The van der Waals surface area contributed by atoms with Crippen molar-refractivity contribution in [3.05, 3.63) is 123 Å². The molecule has 2 atom stereocenters. The summed E-state index contributed by atoms with van der Waals surface area (Å²) in [5.41, 5.74) is 3.80. The van der Waals surface area contributed by atoms with E-state index < -0.39 is 35.4 Å². The van der Waals surface area contributed by atoms with E-state index in [2.05, 4.69) is 0 Å². The van der Waals surface area contributed by atoms with Crippen molar-refractivity contribution in [2.24, 2.45) is 5.92 Å². The maximum Gasteiger partial charge on any atom is 0.416 e. The fourth-order valence-corrected chi connectivity index (χ4v) is 5.90. The number of hydrogen-bond donors (Lipinski definition) is 1. The monoisotopic (exact) mass is 601 g/mol.